The number of nitrogens with zero attached hydrogens (tertiary/aromatic N) is 2. The van der Waals surface area contributed by atoms with Gasteiger partial charge in [-0.05, 0) is 47.5 Å². The Morgan fingerprint density at radius 1 is 0.974 bits per heavy atom. The number of ether oxygens (including phenoxy) is 2. The molecular formula is C31H30FN3O3. The van der Waals surface area contributed by atoms with Crippen molar-refractivity contribution >= 4 is 17.0 Å². The van der Waals surface area contributed by atoms with Crippen LogP contribution in [0.4, 0.5) is 9.18 Å². The zero-order valence-electron chi connectivity index (χ0n) is 21.1. The van der Waals surface area contributed by atoms with Crippen LogP contribution in [0, 0.1) is 5.82 Å². The molecule has 6 nitrogen and oxygen atoms in total. The second-order valence-corrected chi connectivity index (χ2v) is 10.2. The molecule has 1 N–H and O–H groups in total. The standard InChI is InChI=1S/C31H30FN3O3/c32-25-9-13-29-24(18-25)6-10-26(34-29)20-37-27-11-7-23(8-12-27)28(22-4-2-1-3-5-22)19-35-16-14-31(15-17-35)21-33-30(36)38-31/h1-13,18,28H,14-17,19-21H2,(H,33,36). The number of amides is 1. The molecule has 3 heterocycles. The van der Waals surface area contributed by atoms with Crippen LogP contribution in [0.1, 0.15) is 35.6 Å². The van der Waals surface area contributed by atoms with Crippen molar-refractivity contribution in [3.05, 3.63) is 108 Å². The third-order valence-electron chi connectivity index (χ3n) is 7.65. The Morgan fingerprint density at radius 3 is 2.47 bits per heavy atom. The van der Waals surface area contributed by atoms with E-state index in [0.29, 0.717) is 13.2 Å². The Hall–Kier alpha value is -3.97. The molecule has 1 unspecified atom stereocenters. The minimum atomic E-state index is -0.342. The molecule has 1 aromatic heterocycles. The lowest BCUT2D eigenvalue weighted by Crippen LogP contribution is -2.47. The SMILES string of the molecule is O=C1NCC2(CCN(CC(c3ccccc3)c3ccc(OCc4ccc5cc(F)ccc5n4)cc3)CC2)O1. The number of fused-ring (bicyclic) bond motifs is 1. The lowest BCUT2D eigenvalue weighted by molar-refractivity contribution is 0.000314. The van der Waals surface area contributed by atoms with Gasteiger partial charge in [-0.25, -0.2) is 14.2 Å². The molecule has 7 heteroatoms. The molecule has 38 heavy (non-hydrogen) atoms. The minimum Gasteiger partial charge on any atom is -0.487 e. The number of aromatic nitrogens is 1. The fraction of sp³-hybridized carbons (Fsp3) is 0.290. The van der Waals surface area contributed by atoms with E-state index in [-0.39, 0.29) is 23.4 Å². The Bertz CT molecular complexity index is 1420. The molecule has 1 spiro atoms. The summed E-state index contributed by atoms with van der Waals surface area (Å²) in [7, 11) is 0. The first kappa shape index (κ1) is 24.4. The number of carbonyl (C=O) groups excluding carboxylic acids is 1. The van der Waals surface area contributed by atoms with E-state index in [1.165, 1.54) is 23.3 Å². The highest BCUT2D eigenvalue weighted by Crippen LogP contribution is 2.33. The fourth-order valence-electron chi connectivity index (χ4n) is 5.44. The molecule has 4 aromatic rings. The van der Waals surface area contributed by atoms with Gasteiger partial charge in [0, 0.05) is 43.8 Å². The molecule has 0 radical (unpaired) electrons. The normalized spacial score (nSPS) is 17.8. The van der Waals surface area contributed by atoms with E-state index in [1.54, 1.807) is 6.07 Å². The zero-order chi connectivity index (χ0) is 26.0. The number of nitrogens with one attached hydrogen (secondary N) is 1. The predicted octanol–water partition coefficient (Wildman–Crippen LogP) is 5.66. The van der Waals surface area contributed by atoms with E-state index in [0.717, 1.165) is 54.8 Å². The molecule has 3 aromatic carbocycles. The first-order chi connectivity index (χ1) is 18.6. The maximum Gasteiger partial charge on any atom is 0.407 e. The van der Waals surface area contributed by atoms with Crippen LogP contribution in [-0.2, 0) is 11.3 Å². The van der Waals surface area contributed by atoms with E-state index in [4.69, 9.17) is 9.47 Å². The second-order valence-electron chi connectivity index (χ2n) is 10.2. The zero-order valence-corrected chi connectivity index (χ0v) is 21.1. The summed E-state index contributed by atoms with van der Waals surface area (Å²) in [6, 6.07) is 27.2. The van der Waals surface area contributed by atoms with Crippen LogP contribution in [0.15, 0.2) is 84.9 Å². The lowest BCUT2D eigenvalue weighted by atomic mass is 9.88. The van der Waals surface area contributed by atoms with Gasteiger partial charge in [0.2, 0.25) is 0 Å². The van der Waals surface area contributed by atoms with Crippen LogP contribution in [0.3, 0.4) is 0 Å². The number of rotatable bonds is 7. The topological polar surface area (TPSA) is 63.7 Å². The van der Waals surface area contributed by atoms with Gasteiger partial charge < -0.3 is 19.7 Å². The Morgan fingerprint density at radius 2 is 1.74 bits per heavy atom. The first-order valence-corrected chi connectivity index (χ1v) is 13.1. The number of benzene rings is 3. The van der Waals surface area contributed by atoms with Gasteiger partial charge in [-0.2, -0.15) is 0 Å². The minimum absolute atomic E-state index is 0.214. The molecule has 2 aliphatic rings. The number of hydrogen-bond donors (Lipinski definition) is 1. The average Bonchev–Trinajstić information content (AvgIpc) is 3.32. The van der Waals surface area contributed by atoms with Crippen molar-refractivity contribution in [3.8, 4) is 5.75 Å². The number of halogens is 1. The van der Waals surface area contributed by atoms with Gasteiger partial charge in [0.05, 0.1) is 17.8 Å². The van der Waals surface area contributed by atoms with Crippen LogP contribution in [-0.4, -0.2) is 47.8 Å². The summed E-state index contributed by atoms with van der Waals surface area (Å²) in [4.78, 5) is 18.6. The van der Waals surface area contributed by atoms with E-state index in [2.05, 4.69) is 51.6 Å². The van der Waals surface area contributed by atoms with Crippen LogP contribution < -0.4 is 10.1 Å². The number of alkyl carbamates (subject to hydrolysis) is 1. The van der Waals surface area contributed by atoms with Crippen molar-refractivity contribution in [1.29, 1.82) is 0 Å². The molecule has 1 amide bonds. The fourth-order valence-corrected chi connectivity index (χ4v) is 5.44. The van der Waals surface area contributed by atoms with E-state index in [9.17, 15) is 9.18 Å². The third-order valence-corrected chi connectivity index (χ3v) is 7.65. The quantitative estimate of drug-likeness (QED) is 0.347. The van der Waals surface area contributed by atoms with Crippen molar-refractivity contribution in [1.82, 2.24) is 15.2 Å². The summed E-state index contributed by atoms with van der Waals surface area (Å²) in [6.45, 7) is 3.62. The number of carbonyl (C=O) groups is 1. The average molecular weight is 512 g/mol. The highest BCUT2D eigenvalue weighted by atomic mass is 19.1. The molecule has 2 fully saturated rings. The highest BCUT2D eigenvalue weighted by molar-refractivity contribution is 5.78. The maximum absolute atomic E-state index is 13.4. The molecule has 2 aliphatic heterocycles. The number of likely N-dealkylation sites (tertiary alicyclic amines) is 1. The van der Waals surface area contributed by atoms with Gasteiger partial charge in [-0.1, -0.05) is 48.5 Å². The van der Waals surface area contributed by atoms with Crippen LogP contribution in [0.2, 0.25) is 0 Å². The van der Waals surface area contributed by atoms with Gasteiger partial charge >= 0.3 is 6.09 Å². The van der Waals surface area contributed by atoms with E-state index >= 15 is 0 Å². The van der Waals surface area contributed by atoms with E-state index in [1.807, 2.05) is 30.3 Å². The van der Waals surface area contributed by atoms with Crippen molar-refractivity contribution < 1.29 is 18.7 Å². The molecule has 0 bridgehead atoms. The second kappa shape index (κ2) is 10.4. The lowest BCUT2D eigenvalue weighted by Gasteiger charge is -2.38. The van der Waals surface area contributed by atoms with Gasteiger partial charge in [-0.3, -0.25) is 0 Å². The summed E-state index contributed by atoms with van der Waals surface area (Å²) >= 11 is 0. The summed E-state index contributed by atoms with van der Waals surface area (Å²) in [5, 5.41) is 3.59. The Labute approximate surface area is 221 Å². The summed E-state index contributed by atoms with van der Waals surface area (Å²) in [6.07, 6.45) is 1.39. The van der Waals surface area contributed by atoms with Crippen molar-refractivity contribution in [2.45, 2.75) is 31.0 Å². The third kappa shape index (κ3) is 5.34. The van der Waals surface area contributed by atoms with Crippen molar-refractivity contribution in [3.63, 3.8) is 0 Å². The number of hydrogen-bond acceptors (Lipinski definition) is 5. The maximum atomic E-state index is 13.4. The predicted molar refractivity (Wildman–Crippen MR) is 144 cm³/mol. The van der Waals surface area contributed by atoms with Gasteiger partial charge in [0.15, 0.2) is 0 Å². The van der Waals surface area contributed by atoms with Crippen LogP contribution in [0.5, 0.6) is 5.75 Å². The van der Waals surface area contributed by atoms with E-state index < -0.39 is 0 Å². The smallest absolute Gasteiger partial charge is 0.407 e. The molecule has 0 saturated carbocycles. The molecular weight excluding hydrogens is 481 g/mol. The Kier molecular flexibility index (Phi) is 6.68. The summed E-state index contributed by atoms with van der Waals surface area (Å²) in [5.74, 6) is 0.723. The van der Waals surface area contributed by atoms with Gasteiger partial charge in [0.1, 0.15) is 23.8 Å². The first-order valence-electron chi connectivity index (χ1n) is 13.1. The molecule has 2 saturated heterocycles. The summed E-state index contributed by atoms with van der Waals surface area (Å²) < 4.78 is 25.1. The largest absolute Gasteiger partial charge is 0.487 e. The number of piperidine rings is 1. The number of pyridine rings is 1. The van der Waals surface area contributed by atoms with Gasteiger partial charge in [-0.15, -0.1) is 0 Å². The van der Waals surface area contributed by atoms with Crippen molar-refractivity contribution in [2.75, 3.05) is 26.2 Å². The van der Waals surface area contributed by atoms with Crippen LogP contribution >= 0.6 is 0 Å². The van der Waals surface area contributed by atoms with Gasteiger partial charge in [0.25, 0.3) is 0 Å². The molecule has 194 valence electrons. The highest BCUT2D eigenvalue weighted by Gasteiger charge is 2.43. The molecule has 0 aliphatic carbocycles. The molecule has 6 rings (SSSR count). The monoisotopic (exact) mass is 511 g/mol. The molecule has 1 atom stereocenters. The summed E-state index contributed by atoms with van der Waals surface area (Å²) in [5.41, 5.74) is 3.70. The van der Waals surface area contributed by atoms with Crippen molar-refractivity contribution in [2.24, 2.45) is 0 Å². The van der Waals surface area contributed by atoms with Crippen LogP contribution in [0.25, 0.3) is 10.9 Å². The Balaban J connectivity index is 1.13.